The number of quaternary nitrogens is 1. The highest BCUT2D eigenvalue weighted by Crippen LogP contribution is 2.18. The normalized spacial score (nSPS) is 16.0. The van der Waals surface area contributed by atoms with Gasteiger partial charge in [-0.2, -0.15) is 0 Å². The summed E-state index contributed by atoms with van der Waals surface area (Å²) in [6.07, 6.45) is 0. The first-order chi connectivity index (χ1) is 10.3. The van der Waals surface area contributed by atoms with E-state index in [4.69, 9.17) is 4.74 Å². The molecule has 0 radical (unpaired) electrons. The molecule has 0 bridgehead atoms. The van der Waals surface area contributed by atoms with Crippen LogP contribution in [-0.2, 0) is 6.54 Å². The third kappa shape index (κ3) is 3.56. The van der Waals surface area contributed by atoms with Crippen molar-refractivity contribution in [3.05, 3.63) is 60.2 Å². The third-order valence-corrected chi connectivity index (χ3v) is 4.21. The number of hydrogen-bond donors (Lipinski definition) is 1. The van der Waals surface area contributed by atoms with Crippen LogP contribution in [0.4, 0.5) is 5.69 Å². The van der Waals surface area contributed by atoms with Gasteiger partial charge in [-0.05, 0) is 24.3 Å². The van der Waals surface area contributed by atoms with E-state index in [1.54, 1.807) is 12.0 Å². The van der Waals surface area contributed by atoms with E-state index in [1.165, 1.54) is 24.3 Å². The molecule has 0 saturated carbocycles. The zero-order valence-corrected chi connectivity index (χ0v) is 12.6. The summed E-state index contributed by atoms with van der Waals surface area (Å²) in [5.74, 6) is 0.923. The van der Waals surface area contributed by atoms with Crippen molar-refractivity contribution in [3.8, 4) is 5.75 Å². The lowest BCUT2D eigenvalue weighted by molar-refractivity contribution is -0.914. The fraction of sp³-hybridized carbons (Fsp3) is 0.333. The van der Waals surface area contributed by atoms with Gasteiger partial charge < -0.3 is 14.5 Å². The Hall–Kier alpha value is -2.00. The monoisotopic (exact) mass is 283 g/mol. The van der Waals surface area contributed by atoms with E-state index >= 15 is 0 Å². The molecule has 2 aromatic carbocycles. The number of benzene rings is 2. The maximum Gasteiger partial charge on any atom is 0.119 e. The van der Waals surface area contributed by atoms with Crippen LogP contribution >= 0.6 is 0 Å². The van der Waals surface area contributed by atoms with Crippen molar-refractivity contribution in [2.24, 2.45) is 0 Å². The zero-order valence-electron chi connectivity index (χ0n) is 12.6. The summed E-state index contributed by atoms with van der Waals surface area (Å²) in [6.45, 7) is 5.77. The maximum absolute atomic E-state index is 5.22. The van der Waals surface area contributed by atoms with Gasteiger partial charge in [0.15, 0.2) is 0 Å². The molecule has 3 nitrogen and oxygen atoms in total. The molecule has 1 saturated heterocycles. The molecule has 0 aromatic heterocycles. The first kappa shape index (κ1) is 14.0. The summed E-state index contributed by atoms with van der Waals surface area (Å²) in [7, 11) is 1.71. The van der Waals surface area contributed by atoms with E-state index in [1.807, 2.05) is 12.1 Å². The van der Waals surface area contributed by atoms with Crippen LogP contribution in [0.3, 0.4) is 0 Å². The lowest BCUT2D eigenvalue weighted by Crippen LogP contribution is -3.13. The number of nitrogens with zero attached hydrogens (tertiary/aromatic N) is 1. The highest BCUT2D eigenvalue weighted by Gasteiger charge is 2.20. The van der Waals surface area contributed by atoms with Crippen molar-refractivity contribution in [2.75, 3.05) is 38.2 Å². The van der Waals surface area contributed by atoms with Crippen LogP contribution < -0.4 is 14.5 Å². The Morgan fingerprint density at radius 1 is 0.952 bits per heavy atom. The SMILES string of the molecule is COc1ccc(N2CC[NH+](Cc3ccccc3)CC2)cc1. The number of methoxy groups -OCH3 is 1. The second-order valence-electron chi connectivity index (χ2n) is 5.60. The molecule has 3 heteroatoms. The van der Waals surface area contributed by atoms with Crippen LogP contribution in [0.2, 0.25) is 0 Å². The summed E-state index contributed by atoms with van der Waals surface area (Å²) in [5.41, 5.74) is 2.74. The highest BCUT2D eigenvalue weighted by molar-refractivity contribution is 5.49. The molecule has 0 aliphatic carbocycles. The van der Waals surface area contributed by atoms with E-state index < -0.39 is 0 Å². The molecule has 2 aromatic rings. The molecule has 21 heavy (non-hydrogen) atoms. The Bertz CT molecular complexity index is 545. The van der Waals surface area contributed by atoms with E-state index in [-0.39, 0.29) is 0 Å². The Morgan fingerprint density at radius 2 is 1.62 bits per heavy atom. The van der Waals surface area contributed by atoms with Crippen LogP contribution in [-0.4, -0.2) is 33.3 Å². The van der Waals surface area contributed by atoms with Gasteiger partial charge in [0.25, 0.3) is 0 Å². The molecule has 0 atom stereocenters. The maximum atomic E-state index is 5.22. The molecule has 1 heterocycles. The Labute approximate surface area is 126 Å². The molecule has 3 rings (SSSR count). The molecule has 0 unspecified atom stereocenters. The Balaban J connectivity index is 1.54. The standard InChI is InChI=1S/C18H22N2O/c1-21-18-9-7-17(8-10-18)20-13-11-19(12-14-20)15-16-5-3-2-4-6-16/h2-10H,11-15H2,1H3/p+1. The largest absolute Gasteiger partial charge is 0.497 e. The highest BCUT2D eigenvalue weighted by atomic mass is 16.5. The Kier molecular flexibility index (Phi) is 4.41. The van der Waals surface area contributed by atoms with Crippen molar-refractivity contribution in [3.63, 3.8) is 0 Å². The van der Waals surface area contributed by atoms with Gasteiger partial charge >= 0.3 is 0 Å². The van der Waals surface area contributed by atoms with E-state index in [0.29, 0.717) is 0 Å². The van der Waals surface area contributed by atoms with Gasteiger partial charge in [-0.1, -0.05) is 30.3 Å². The molecular weight excluding hydrogens is 260 g/mol. The fourth-order valence-corrected chi connectivity index (χ4v) is 2.94. The zero-order chi connectivity index (χ0) is 14.5. The number of nitrogens with one attached hydrogen (secondary N) is 1. The van der Waals surface area contributed by atoms with E-state index in [2.05, 4.69) is 47.4 Å². The summed E-state index contributed by atoms with van der Waals surface area (Å²) in [5, 5.41) is 0. The molecule has 1 aliphatic heterocycles. The first-order valence-electron chi connectivity index (χ1n) is 7.61. The number of ether oxygens (including phenoxy) is 1. The molecule has 110 valence electrons. The summed E-state index contributed by atoms with van der Waals surface area (Å²) in [4.78, 5) is 4.14. The van der Waals surface area contributed by atoms with Gasteiger partial charge in [-0.25, -0.2) is 0 Å². The van der Waals surface area contributed by atoms with Gasteiger partial charge in [0.05, 0.1) is 33.3 Å². The predicted octanol–water partition coefficient (Wildman–Crippen LogP) is 1.60. The average molecular weight is 283 g/mol. The Morgan fingerprint density at radius 3 is 2.24 bits per heavy atom. The van der Waals surface area contributed by atoms with Crippen LogP contribution in [0.15, 0.2) is 54.6 Å². The molecule has 1 N–H and O–H groups in total. The summed E-state index contributed by atoms with van der Waals surface area (Å²) in [6, 6.07) is 19.2. The van der Waals surface area contributed by atoms with Crippen molar-refractivity contribution in [2.45, 2.75) is 6.54 Å². The number of rotatable bonds is 4. The van der Waals surface area contributed by atoms with Crippen molar-refractivity contribution in [1.29, 1.82) is 0 Å². The third-order valence-electron chi connectivity index (χ3n) is 4.21. The van der Waals surface area contributed by atoms with Crippen LogP contribution in [0.1, 0.15) is 5.56 Å². The smallest absolute Gasteiger partial charge is 0.119 e. The number of piperazine rings is 1. The van der Waals surface area contributed by atoms with Crippen molar-refractivity contribution >= 4 is 5.69 Å². The minimum atomic E-state index is 0.923. The lowest BCUT2D eigenvalue weighted by atomic mass is 10.2. The van der Waals surface area contributed by atoms with Crippen LogP contribution in [0.25, 0.3) is 0 Å². The van der Waals surface area contributed by atoms with Crippen LogP contribution in [0.5, 0.6) is 5.75 Å². The predicted molar refractivity (Wildman–Crippen MR) is 86.0 cm³/mol. The minimum Gasteiger partial charge on any atom is -0.497 e. The first-order valence-corrected chi connectivity index (χ1v) is 7.61. The topological polar surface area (TPSA) is 16.9 Å². The van der Waals surface area contributed by atoms with Crippen molar-refractivity contribution in [1.82, 2.24) is 0 Å². The number of hydrogen-bond acceptors (Lipinski definition) is 2. The second-order valence-corrected chi connectivity index (χ2v) is 5.60. The summed E-state index contributed by atoms with van der Waals surface area (Å²) >= 11 is 0. The van der Waals surface area contributed by atoms with E-state index in [0.717, 1.165) is 25.4 Å². The quantitative estimate of drug-likeness (QED) is 0.918. The molecule has 0 amide bonds. The van der Waals surface area contributed by atoms with Gasteiger partial charge in [-0.15, -0.1) is 0 Å². The average Bonchev–Trinajstić information content (AvgIpc) is 2.57. The molecule has 0 spiro atoms. The summed E-state index contributed by atoms with van der Waals surface area (Å²) < 4.78 is 5.22. The van der Waals surface area contributed by atoms with Gasteiger partial charge in [-0.3, -0.25) is 0 Å². The second kappa shape index (κ2) is 6.64. The number of anilines is 1. The fourth-order valence-electron chi connectivity index (χ4n) is 2.94. The van der Waals surface area contributed by atoms with Gasteiger partial charge in [0.1, 0.15) is 12.3 Å². The molecule has 1 aliphatic rings. The molecular formula is C18H23N2O+. The van der Waals surface area contributed by atoms with Gasteiger partial charge in [0, 0.05) is 11.3 Å². The molecule has 1 fully saturated rings. The van der Waals surface area contributed by atoms with Crippen molar-refractivity contribution < 1.29 is 9.64 Å². The lowest BCUT2D eigenvalue weighted by Gasteiger charge is -2.33. The van der Waals surface area contributed by atoms with E-state index in [9.17, 15) is 0 Å². The van der Waals surface area contributed by atoms with Crippen LogP contribution in [0, 0.1) is 0 Å². The minimum absolute atomic E-state index is 0.923. The van der Waals surface area contributed by atoms with Gasteiger partial charge in [0.2, 0.25) is 0 Å².